The van der Waals surface area contributed by atoms with Crippen LogP contribution in [-0.4, -0.2) is 34.9 Å². The topological polar surface area (TPSA) is 58.6 Å². The van der Waals surface area contributed by atoms with Crippen molar-refractivity contribution in [1.29, 1.82) is 0 Å². The zero-order valence-corrected chi connectivity index (χ0v) is 13.3. The first-order chi connectivity index (χ1) is 9.19. The van der Waals surface area contributed by atoms with Crippen molar-refractivity contribution in [1.82, 2.24) is 5.32 Å². The van der Waals surface area contributed by atoms with Gasteiger partial charge in [0.15, 0.2) is 0 Å². The average molecular weight is 283 g/mol. The number of aliphatic carboxylic acids is 1. The number of carbonyl (C=O) groups is 1. The SMILES string of the molecule is CC(C)(NCC1CCC2(CCCC2)O1)C(C)(C)C(=O)O. The Hall–Kier alpha value is -0.610. The molecule has 2 rings (SSSR count). The monoisotopic (exact) mass is 283 g/mol. The lowest BCUT2D eigenvalue weighted by Crippen LogP contribution is -2.56. The number of carboxylic acid groups (broad SMARTS) is 1. The normalized spacial score (nSPS) is 26.3. The Morgan fingerprint density at radius 2 is 1.85 bits per heavy atom. The molecule has 0 aromatic heterocycles. The molecule has 1 aliphatic carbocycles. The molecule has 1 spiro atoms. The van der Waals surface area contributed by atoms with E-state index in [2.05, 4.69) is 5.32 Å². The summed E-state index contributed by atoms with van der Waals surface area (Å²) < 4.78 is 6.27. The Labute approximate surface area is 122 Å². The number of hydrogen-bond donors (Lipinski definition) is 2. The van der Waals surface area contributed by atoms with Crippen LogP contribution in [0.15, 0.2) is 0 Å². The molecule has 0 bridgehead atoms. The van der Waals surface area contributed by atoms with Crippen molar-refractivity contribution in [3.63, 3.8) is 0 Å². The van der Waals surface area contributed by atoms with Gasteiger partial charge in [-0.15, -0.1) is 0 Å². The van der Waals surface area contributed by atoms with Gasteiger partial charge in [-0.3, -0.25) is 4.79 Å². The maximum Gasteiger partial charge on any atom is 0.310 e. The minimum absolute atomic E-state index is 0.152. The quantitative estimate of drug-likeness (QED) is 0.814. The first-order valence-corrected chi connectivity index (χ1v) is 7.85. The van der Waals surface area contributed by atoms with Crippen LogP contribution >= 0.6 is 0 Å². The van der Waals surface area contributed by atoms with E-state index in [-0.39, 0.29) is 11.7 Å². The summed E-state index contributed by atoms with van der Waals surface area (Å²) in [6.07, 6.45) is 7.48. The van der Waals surface area contributed by atoms with Crippen molar-refractivity contribution < 1.29 is 14.6 Å². The van der Waals surface area contributed by atoms with Gasteiger partial charge >= 0.3 is 5.97 Å². The first kappa shape index (κ1) is 15.8. The van der Waals surface area contributed by atoms with Crippen LogP contribution in [0.3, 0.4) is 0 Å². The van der Waals surface area contributed by atoms with Gasteiger partial charge in [-0.25, -0.2) is 0 Å². The summed E-state index contributed by atoms with van der Waals surface area (Å²) in [6, 6.07) is 0. The van der Waals surface area contributed by atoms with E-state index in [1.807, 2.05) is 13.8 Å². The van der Waals surface area contributed by atoms with Crippen molar-refractivity contribution in [3.8, 4) is 0 Å². The van der Waals surface area contributed by atoms with Crippen molar-refractivity contribution in [2.24, 2.45) is 5.41 Å². The van der Waals surface area contributed by atoms with Crippen LogP contribution in [0.1, 0.15) is 66.2 Å². The summed E-state index contributed by atoms with van der Waals surface area (Å²) in [5, 5.41) is 12.8. The Balaban J connectivity index is 1.88. The standard InChI is InChI=1S/C16H29NO3/c1-14(2,13(18)19)15(3,4)17-11-12-7-10-16(20-12)8-5-6-9-16/h12,17H,5-11H2,1-4H3,(H,18,19). The van der Waals surface area contributed by atoms with Crippen molar-refractivity contribution >= 4 is 5.97 Å². The van der Waals surface area contributed by atoms with Crippen molar-refractivity contribution in [3.05, 3.63) is 0 Å². The van der Waals surface area contributed by atoms with Crippen LogP contribution in [0.4, 0.5) is 0 Å². The molecule has 0 aromatic rings. The van der Waals surface area contributed by atoms with E-state index in [0.29, 0.717) is 0 Å². The molecule has 116 valence electrons. The fourth-order valence-corrected chi connectivity index (χ4v) is 3.28. The largest absolute Gasteiger partial charge is 0.481 e. The van der Waals surface area contributed by atoms with Crippen molar-refractivity contribution in [2.45, 2.75) is 83.5 Å². The molecule has 0 amide bonds. The lowest BCUT2D eigenvalue weighted by Gasteiger charge is -2.39. The molecular weight excluding hydrogens is 254 g/mol. The van der Waals surface area contributed by atoms with E-state index in [0.717, 1.165) is 13.0 Å². The summed E-state index contributed by atoms with van der Waals surface area (Å²) in [6.45, 7) is 8.21. The molecule has 1 saturated heterocycles. The number of carboxylic acids is 1. The summed E-state index contributed by atoms with van der Waals surface area (Å²) in [5.41, 5.74) is -1.12. The molecule has 1 aliphatic heterocycles. The molecule has 1 heterocycles. The highest BCUT2D eigenvalue weighted by Gasteiger charge is 2.45. The van der Waals surface area contributed by atoms with Gasteiger partial charge in [-0.1, -0.05) is 12.8 Å². The van der Waals surface area contributed by atoms with Gasteiger partial charge < -0.3 is 15.2 Å². The fraction of sp³-hybridized carbons (Fsp3) is 0.938. The van der Waals surface area contributed by atoms with E-state index in [1.165, 1.54) is 32.1 Å². The van der Waals surface area contributed by atoms with Crippen LogP contribution in [0.5, 0.6) is 0 Å². The minimum Gasteiger partial charge on any atom is -0.481 e. The second kappa shape index (κ2) is 5.30. The molecule has 2 fully saturated rings. The lowest BCUT2D eigenvalue weighted by atomic mass is 9.74. The third kappa shape index (κ3) is 2.86. The third-order valence-electron chi connectivity index (χ3n) is 5.72. The van der Waals surface area contributed by atoms with Crippen molar-refractivity contribution in [2.75, 3.05) is 6.54 Å². The van der Waals surface area contributed by atoms with Gasteiger partial charge in [0, 0.05) is 12.1 Å². The summed E-state index contributed by atoms with van der Waals surface area (Å²) >= 11 is 0. The molecule has 2 aliphatic rings. The van der Waals surface area contributed by atoms with Crippen LogP contribution in [-0.2, 0) is 9.53 Å². The molecule has 2 N–H and O–H groups in total. The maximum absolute atomic E-state index is 11.4. The van der Waals surface area contributed by atoms with E-state index in [9.17, 15) is 9.90 Å². The number of ether oxygens (including phenoxy) is 1. The summed E-state index contributed by atoms with van der Waals surface area (Å²) in [7, 11) is 0. The van der Waals surface area contributed by atoms with E-state index < -0.39 is 16.9 Å². The molecule has 1 atom stereocenters. The maximum atomic E-state index is 11.4. The van der Waals surface area contributed by atoms with E-state index >= 15 is 0 Å². The number of rotatable bonds is 5. The van der Waals surface area contributed by atoms with Gasteiger partial charge in [-0.05, 0) is 53.4 Å². The molecule has 1 unspecified atom stereocenters. The van der Waals surface area contributed by atoms with Crippen LogP contribution in [0.25, 0.3) is 0 Å². The molecule has 1 saturated carbocycles. The van der Waals surface area contributed by atoms with Gasteiger partial charge in [0.1, 0.15) is 0 Å². The fourth-order valence-electron chi connectivity index (χ4n) is 3.28. The predicted molar refractivity (Wildman–Crippen MR) is 78.8 cm³/mol. The average Bonchev–Trinajstić information content (AvgIpc) is 2.97. The lowest BCUT2D eigenvalue weighted by molar-refractivity contribution is -0.151. The van der Waals surface area contributed by atoms with Gasteiger partial charge in [-0.2, -0.15) is 0 Å². The smallest absolute Gasteiger partial charge is 0.310 e. The van der Waals surface area contributed by atoms with Crippen LogP contribution in [0, 0.1) is 5.41 Å². The molecule has 0 radical (unpaired) electrons. The van der Waals surface area contributed by atoms with Crippen LogP contribution in [0.2, 0.25) is 0 Å². The zero-order valence-electron chi connectivity index (χ0n) is 13.3. The Bertz CT molecular complexity index is 370. The summed E-state index contributed by atoms with van der Waals surface area (Å²) in [4.78, 5) is 11.4. The van der Waals surface area contributed by atoms with Gasteiger partial charge in [0.2, 0.25) is 0 Å². The summed E-state index contributed by atoms with van der Waals surface area (Å²) in [5.74, 6) is -0.769. The minimum atomic E-state index is -0.809. The number of hydrogen-bond acceptors (Lipinski definition) is 3. The van der Waals surface area contributed by atoms with Gasteiger partial charge in [0.25, 0.3) is 0 Å². The molecule has 4 nitrogen and oxygen atoms in total. The second-order valence-electron chi connectivity index (χ2n) is 7.60. The Morgan fingerprint density at radius 3 is 2.40 bits per heavy atom. The molecule has 20 heavy (non-hydrogen) atoms. The van der Waals surface area contributed by atoms with E-state index in [1.54, 1.807) is 13.8 Å². The first-order valence-electron chi connectivity index (χ1n) is 7.85. The highest BCUT2D eigenvalue weighted by Crippen LogP contribution is 2.43. The number of nitrogens with one attached hydrogen (secondary N) is 1. The highest BCUT2D eigenvalue weighted by atomic mass is 16.5. The molecule has 0 aromatic carbocycles. The Morgan fingerprint density at radius 1 is 1.25 bits per heavy atom. The zero-order chi connectivity index (χ0) is 15.0. The third-order valence-corrected chi connectivity index (χ3v) is 5.72. The Kier molecular flexibility index (Phi) is 4.18. The molecular formula is C16H29NO3. The van der Waals surface area contributed by atoms with E-state index in [4.69, 9.17) is 4.74 Å². The highest BCUT2D eigenvalue weighted by molar-refractivity contribution is 5.75. The molecule has 4 heteroatoms. The van der Waals surface area contributed by atoms with Gasteiger partial charge in [0.05, 0.1) is 17.1 Å². The van der Waals surface area contributed by atoms with Crippen LogP contribution < -0.4 is 5.32 Å². The predicted octanol–water partition coefficient (Wildman–Crippen LogP) is 2.96. The second-order valence-corrected chi connectivity index (χ2v) is 7.60.